The van der Waals surface area contributed by atoms with Gasteiger partial charge in [-0.15, -0.1) is 0 Å². The highest BCUT2D eigenvalue weighted by Gasteiger charge is 2.13. The van der Waals surface area contributed by atoms with Crippen molar-refractivity contribution >= 4 is 28.3 Å². The zero-order chi connectivity index (χ0) is 11.8. The molecule has 1 aromatic carbocycles. The number of benzene rings is 1. The van der Waals surface area contributed by atoms with Gasteiger partial charge in [0.25, 0.3) is 5.56 Å². The molecule has 0 amide bonds. The van der Waals surface area contributed by atoms with Crippen LogP contribution in [0, 0.1) is 0 Å². The van der Waals surface area contributed by atoms with Gasteiger partial charge in [-0.3, -0.25) is 9.36 Å². The molecule has 0 aliphatic heterocycles. The third-order valence-electron chi connectivity index (χ3n) is 2.71. The number of carbonyl (C=O) groups excluding carboxylic acids is 1. The molecule has 5 heteroatoms. The van der Waals surface area contributed by atoms with E-state index in [4.69, 9.17) is 4.42 Å². The summed E-state index contributed by atoms with van der Waals surface area (Å²) in [6, 6.07) is 7.27. The SMILES string of the molecule is O=CCn1c(=O)c2ncoc2c2ccccc21. The van der Waals surface area contributed by atoms with Crippen molar-refractivity contribution < 1.29 is 9.21 Å². The van der Waals surface area contributed by atoms with Crippen molar-refractivity contribution in [3.63, 3.8) is 0 Å². The number of hydrogen-bond donors (Lipinski definition) is 0. The number of para-hydroxylation sites is 1. The highest BCUT2D eigenvalue weighted by molar-refractivity contribution is 6.00. The van der Waals surface area contributed by atoms with Gasteiger partial charge in [-0.1, -0.05) is 12.1 Å². The molecule has 3 aromatic rings. The van der Waals surface area contributed by atoms with Crippen molar-refractivity contribution in [2.75, 3.05) is 0 Å². The largest absolute Gasteiger partial charge is 0.443 e. The Morgan fingerprint density at radius 1 is 1.35 bits per heavy atom. The number of fused-ring (bicyclic) bond motifs is 3. The Hall–Kier alpha value is -2.43. The molecule has 0 N–H and O–H groups in total. The number of hydrogen-bond acceptors (Lipinski definition) is 4. The fraction of sp³-hybridized carbons (Fsp3) is 0.0833. The number of aromatic nitrogens is 2. The Bertz CT molecular complexity index is 770. The van der Waals surface area contributed by atoms with Gasteiger partial charge in [0.15, 0.2) is 17.5 Å². The van der Waals surface area contributed by atoms with Crippen molar-refractivity contribution in [3.8, 4) is 0 Å². The summed E-state index contributed by atoms with van der Waals surface area (Å²) in [5.74, 6) is 0. The Kier molecular flexibility index (Phi) is 2.04. The first-order valence-corrected chi connectivity index (χ1v) is 5.11. The lowest BCUT2D eigenvalue weighted by molar-refractivity contribution is -0.108. The van der Waals surface area contributed by atoms with Gasteiger partial charge in [0.2, 0.25) is 0 Å². The Balaban J connectivity index is 2.61. The van der Waals surface area contributed by atoms with Crippen LogP contribution in [-0.4, -0.2) is 15.8 Å². The Morgan fingerprint density at radius 3 is 3.00 bits per heavy atom. The number of nitrogens with zero attached hydrogens (tertiary/aromatic N) is 2. The molecule has 84 valence electrons. The summed E-state index contributed by atoms with van der Waals surface area (Å²) in [7, 11) is 0. The minimum absolute atomic E-state index is 0.0160. The summed E-state index contributed by atoms with van der Waals surface area (Å²) in [4.78, 5) is 26.6. The average Bonchev–Trinajstić information content (AvgIpc) is 2.84. The minimum atomic E-state index is -0.306. The number of pyridine rings is 1. The predicted molar refractivity (Wildman–Crippen MR) is 61.8 cm³/mol. The van der Waals surface area contributed by atoms with Gasteiger partial charge in [0.1, 0.15) is 6.29 Å². The van der Waals surface area contributed by atoms with Gasteiger partial charge in [-0.2, -0.15) is 0 Å². The van der Waals surface area contributed by atoms with E-state index >= 15 is 0 Å². The number of oxazole rings is 1. The summed E-state index contributed by atoms with van der Waals surface area (Å²) in [5, 5.41) is 0.779. The molecule has 0 aliphatic carbocycles. The van der Waals surface area contributed by atoms with Crippen molar-refractivity contribution in [2.45, 2.75) is 6.54 Å². The Morgan fingerprint density at radius 2 is 2.18 bits per heavy atom. The number of rotatable bonds is 2. The van der Waals surface area contributed by atoms with Gasteiger partial charge >= 0.3 is 0 Å². The molecule has 0 spiro atoms. The van der Waals surface area contributed by atoms with Crippen LogP contribution >= 0.6 is 0 Å². The summed E-state index contributed by atoms with van der Waals surface area (Å²) in [5.41, 5.74) is 1.09. The van der Waals surface area contributed by atoms with Crippen LogP contribution < -0.4 is 5.56 Å². The molecule has 5 nitrogen and oxygen atoms in total. The maximum atomic E-state index is 12.1. The zero-order valence-corrected chi connectivity index (χ0v) is 8.79. The molecule has 3 rings (SSSR count). The second-order valence-corrected chi connectivity index (χ2v) is 3.63. The molecule has 0 aliphatic rings. The van der Waals surface area contributed by atoms with Crippen LogP contribution in [0.25, 0.3) is 22.0 Å². The summed E-state index contributed by atoms with van der Waals surface area (Å²) in [6.45, 7) is 0.0160. The normalized spacial score (nSPS) is 11.1. The van der Waals surface area contributed by atoms with E-state index in [0.717, 1.165) is 5.39 Å². The van der Waals surface area contributed by atoms with E-state index in [-0.39, 0.29) is 17.6 Å². The van der Waals surface area contributed by atoms with Crippen LogP contribution in [0.5, 0.6) is 0 Å². The summed E-state index contributed by atoms with van der Waals surface area (Å²) in [6.07, 6.45) is 1.93. The molecule has 0 unspecified atom stereocenters. The van der Waals surface area contributed by atoms with E-state index in [1.807, 2.05) is 18.2 Å². The monoisotopic (exact) mass is 228 g/mol. The molecule has 0 atom stereocenters. The minimum Gasteiger partial charge on any atom is -0.443 e. The summed E-state index contributed by atoms with van der Waals surface area (Å²) < 4.78 is 6.63. The first-order chi connectivity index (χ1) is 8.33. The third-order valence-corrected chi connectivity index (χ3v) is 2.71. The lowest BCUT2D eigenvalue weighted by Gasteiger charge is -2.06. The molecule has 0 saturated heterocycles. The fourth-order valence-corrected chi connectivity index (χ4v) is 1.98. The lowest BCUT2D eigenvalue weighted by Crippen LogP contribution is -2.21. The van der Waals surface area contributed by atoms with Gasteiger partial charge in [0.05, 0.1) is 12.1 Å². The highest BCUT2D eigenvalue weighted by atomic mass is 16.3. The molecule has 0 radical (unpaired) electrons. The standard InChI is InChI=1S/C12H8N2O3/c15-6-5-14-9-4-2-1-3-8(9)11-10(12(14)16)13-7-17-11/h1-4,6-7H,5H2. The van der Waals surface area contributed by atoms with Crippen LogP contribution in [0.4, 0.5) is 0 Å². The van der Waals surface area contributed by atoms with Crippen LogP contribution in [-0.2, 0) is 11.3 Å². The maximum absolute atomic E-state index is 12.1. The predicted octanol–water partition coefficient (Wildman–Crippen LogP) is 1.34. The van der Waals surface area contributed by atoms with Crippen LogP contribution in [0.1, 0.15) is 0 Å². The van der Waals surface area contributed by atoms with Gasteiger partial charge in [-0.25, -0.2) is 4.98 Å². The van der Waals surface area contributed by atoms with Crippen LogP contribution in [0.3, 0.4) is 0 Å². The first kappa shape index (κ1) is 9.77. The molecule has 0 bridgehead atoms. The Labute approximate surface area is 95.3 Å². The number of aldehydes is 1. The zero-order valence-electron chi connectivity index (χ0n) is 8.79. The average molecular weight is 228 g/mol. The number of carbonyl (C=O) groups is 1. The molecular weight excluding hydrogens is 220 g/mol. The van der Waals surface area contributed by atoms with Gasteiger partial charge in [-0.05, 0) is 12.1 Å². The van der Waals surface area contributed by atoms with Crippen LogP contribution in [0.15, 0.2) is 39.9 Å². The first-order valence-electron chi connectivity index (χ1n) is 5.11. The van der Waals surface area contributed by atoms with Gasteiger partial charge < -0.3 is 9.21 Å². The fourth-order valence-electron chi connectivity index (χ4n) is 1.98. The van der Waals surface area contributed by atoms with Crippen molar-refractivity contribution in [1.82, 2.24) is 9.55 Å². The molecule has 17 heavy (non-hydrogen) atoms. The highest BCUT2D eigenvalue weighted by Crippen LogP contribution is 2.21. The van der Waals surface area contributed by atoms with E-state index < -0.39 is 0 Å². The van der Waals surface area contributed by atoms with E-state index in [1.54, 1.807) is 6.07 Å². The molecule has 2 aromatic heterocycles. The van der Waals surface area contributed by atoms with Crippen molar-refractivity contribution in [2.24, 2.45) is 0 Å². The molecular formula is C12H8N2O3. The lowest BCUT2D eigenvalue weighted by atomic mass is 10.2. The molecule has 0 fully saturated rings. The molecule has 2 heterocycles. The second kappa shape index (κ2) is 3.55. The second-order valence-electron chi connectivity index (χ2n) is 3.63. The molecule has 0 saturated carbocycles. The van der Waals surface area contributed by atoms with Crippen molar-refractivity contribution in [1.29, 1.82) is 0 Å². The van der Waals surface area contributed by atoms with Gasteiger partial charge in [0, 0.05) is 5.39 Å². The topological polar surface area (TPSA) is 65.1 Å². The van der Waals surface area contributed by atoms with E-state index in [1.165, 1.54) is 11.0 Å². The van der Waals surface area contributed by atoms with E-state index in [0.29, 0.717) is 17.4 Å². The van der Waals surface area contributed by atoms with E-state index in [2.05, 4.69) is 4.98 Å². The smallest absolute Gasteiger partial charge is 0.281 e. The quantitative estimate of drug-likeness (QED) is 0.621. The summed E-state index contributed by atoms with van der Waals surface area (Å²) >= 11 is 0. The third kappa shape index (κ3) is 1.29. The maximum Gasteiger partial charge on any atom is 0.281 e. The van der Waals surface area contributed by atoms with Crippen molar-refractivity contribution in [3.05, 3.63) is 41.0 Å². The van der Waals surface area contributed by atoms with Crippen LogP contribution in [0.2, 0.25) is 0 Å². The van der Waals surface area contributed by atoms with E-state index in [9.17, 15) is 9.59 Å².